The summed E-state index contributed by atoms with van der Waals surface area (Å²) in [6.07, 6.45) is 3.20. The fourth-order valence-corrected chi connectivity index (χ4v) is 3.04. The number of rotatable bonds is 4. The van der Waals surface area contributed by atoms with Crippen molar-refractivity contribution in [2.45, 2.75) is 58.6 Å². The molecule has 1 atom stereocenters. The summed E-state index contributed by atoms with van der Waals surface area (Å²) in [5, 5.41) is 8.41. The Kier molecular flexibility index (Phi) is 4.65. The van der Waals surface area contributed by atoms with Crippen LogP contribution in [0.2, 0.25) is 0 Å². The molecule has 2 aliphatic rings. The molecule has 1 aliphatic carbocycles. The third-order valence-corrected chi connectivity index (χ3v) is 4.49. The summed E-state index contributed by atoms with van der Waals surface area (Å²) < 4.78 is 5.64. The number of aromatic nitrogens is 2. The first kappa shape index (κ1) is 17.0. The van der Waals surface area contributed by atoms with Gasteiger partial charge in [0.25, 0.3) is 0 Å². The van der Waals surface area contributed by atoms with Crippen molar-refractivity contribution >= 4 is 11.9 Å². The van der Waals surface area contributed by atoms with Gasteiger partial charge in [0.05, 0.1) is 11.7 Å². The third-order valence-electron chi connectivity index (χ3n) is 4.49. The lowest BCUT2D eigenvalue weighted by atomic mass is 10.2. The lowest BCUT2D eigenvalue weighted by Crippen LogP contribution is -2.45. The van der Waals surface area contributed by atoms with Crippen molar-refractivity contribution in [3.05, 3.63) is 17.8 Å². The van der Waals surface area contributed by atoms with Crippen molar-refractivity contribution in [1.82, 2.24) is 15.1 Å². The Morgan fingerprint density at radius 1 is 1.29 bits per heavy atom. The van der Waals surface area contributed by atoms with Gasteiger partial charge < -0.3 is 14.5 Å². The minimum Gasteiger partial charge on any atom is -0.444 e. The van der Waals surface area contributed by atoms with Crippen LogP contribution in [-0.4, -0.2) is 52.5 Å². The monoisotopic (exact) mass is 332 g/mol. The number of ether oxygens (including phenoxy) is 1. The number of aryl methyl sites for hydroxylation is 1. The van der Waals surface area contributed by atoms with Gasteiger partial charge in [0.2, 0.25) is 0 Å². The largest absolute Gasteiger partial charge is 0.444 e. The molecule has 0 bridgehead atoms. The quantitative estimate of drug-likeness (QED) is 0.848. The summed E-state index contributed by atoms with van der Waals surface area (Å²) in [7, 11) is 0. The van der Waals surface area contributed by atoms with Crippen molar-refractivity contribution < 1.29 is 9.53 Å². The van der Waals surface area contributed by atoms with E-state index in [1.54, 1.807) is 0 Å². The first-order valence-corrected chi connectivity index (χ1v) is 8.87. The second-order valence-electron chi connectivity index (χ2n) is 8.00. The van der Waals surface area contributed by atoms with E-state index in [0.29, 0.717) is 5.92 Å². The first-order chi connectivity index (χ1) is 11.3. The van der Waals surface area contributed by atoms with Gasteiger partial charge in [-0.3, -0.25) is 0 Å². The van der Waals surface area contributed by atoms with Crippen LogP contribution in [0, 0.1) is 12.8 Å². The molecule has 2 fully saturated rings. The Labute approximate surface area is 144 Å². The molecule has 6 heteroatoms. The molecule has 3 rings (SSSR count). The number of amides is 1. The maximum atomic E-state index is 12.7. The lowest BCUT2D eigenvalue weighted by molar-refractivity contribution is 0.0167. The molecule has 1 aliphatic heterocycles. The minimum absolute atomic E-state index is 0.184. The molecule has 132 valence electrons. The van der Waals surface area contributed by atoms with Gasteiger partial charge in [-0.25, -0.2) is 4.79 Å². The average Bonchev–Trinajstić information content (AvgIpc) is 3.19. The van der Waals surface area contributed by atoms with Gasteiger partial charge in [-0.2, -0.15) is 5.10 Å². The van der Waals surface area contributed by atoms with Crippen molar-refractivity contribution in [1.29, 1.82) is 0 Å². The summed E-state index contributed by atoms with van der Waals surface area (Å²) in [5.41, 5.74) is 0.457. The van der Waals surface area contributed by atoms with Gasteiger partial charge >= 0.3 is 6.09 Å². The SMILES string of the molecule is Cc1ccc(N2CCC(N(CC3CC3)C(=O)OC(C)(C)C)C2)nn1. The van der Waals surface area contributed by atoms with Crippen molar-refractivity contribution in [2.75, 3.05) is 24.5 Å². The molecule has 1 aromatic rings. The van der Waals surface area contributed by atoms with E-state index >= 15 is 0 Å². The smallest absolute Gasteiger partial charge is 0.410 e. The highest BCUT2D eigenvalue weighted by molar-refractivity contribution is 5.69. The van der Waals surface area contributed by atoms with Gasteiger partial charge in [0.15, 0.2) is 5.82 Å². The van der Waals surface area contributed by atoms with Crippen LogP contribution in [-0.2, 0) is 4.74 Å². The number of hydrogen-bond donors (Lipinski definition) is 0. The Bertz CT molecular complexity index is 578. The minimum atomic E-state index is -0.459. The summed E-state index contributed by atoms with van der Waals surface area (Å²) in [6, 6.07) is 4.16. The molecule has 0 radical (unpaired) electrons. The third kappa shape index (κ3) is 4.36. The molecular weight excluding hydrogens is 304 g/mol. The molecule has 24 heavy (non-hydrogen) atoms. The normalized spacial score (nSPS) is 21.0. The Balaban J connectivity index is 1.67. The van der Waals surface area contributed by atoms with Gasteiger partial charge in [-0.05, 0) is 65.0 Å². The van der Waals surface area contributed by atoms with Crippen LogP contribution >= 0.6 is 0 Å². The summed E-state index contributed by atoms with van der Waals surface area (Å²) in [5.74, 6) is 1.53. The lowest BCUT2D eigenvalue weighted by Gasteiger charge is -2.31. The second kappa shape index (κ2) is 6.57. The number of anilines is 1. The Morgan fingerprint density at radius 3 is 2.62 bits per heavy atom. The van der Waals surface area contributed by atoms with Crippen molar-refractivity contribution in [2.24, 2.45) is 5.92 Å². The van der Waals surface area contributed by atoms with E-state index in [4.69, 9.17) is 4.74 Å². The Morgan fingerprint density at radius 2 is 2.04 bits per heavy atom. The van der Waals surface area contributed by atoms with Gasteiger partial charge in [0.1, 0.15) is 5.60 Å². The maximum absolute atomic E-state index is 12.7. The van der Waals surface area contributed by atoms with E-state index in [0.717, 1.165) is 37.6 Å². The molecular formula is C18H28N4O2. The number of nitrogens with zero attached hydrogens (tertiary/aromatic N) is 4. The van der Waals surface area contributed by atoms with E-state index in [1.165, 1.54) is 12.8 Å². The highest BCUT2D eigenvalue weighted by Crippen LogP contribution is 2.32. The molecule has 6 nitrogen and oxygen atoms in total. The predicted octanol–water partition coefficient (Wildman–Crippen LogP) is 3.01. The van der Waals surface area contributed by atoms with Crippen molar-refractivity contribution in [3.63, 3.8) is 0 Å². The number of hydrogen-bond acceptors (Lipinski definition) is 5. The van der Waals surface area contributed by atoms with Crippen LogP contribution in [0.25, 0.3) is 0 Å². The van der Waals surface area contributed by atoms with E-state index in [9.17, 15) is 4.79 Å². The molecule has 1 aromatic heterocycles. The second-order valence-corrected chi connectivity index (χ2v) is 8.00. The summed E-state index contributed by atoms with van der Waals surface area (Å²) in [6.45, 7) is 10.2. The van der Waals surface area contributed by atoms with Crippen molar-refractivity contribution in [3.8, 4) is 0 Å². The van der Waals surface area contributed by atoms with E-state index < -0.39 is 5.60 Å². The molecule has 2 heterocycles. The van der Waals surface area contributed by atoms with Gasteiger partial charge in [-0.1, -0.05) is 0 Å². The molecule has 1 saturated heterocycles. The molecule has 1 saturated carbocycles. The van der Waals surface area contributed by atoms with Gasteiger partial charge in [0, 0.05) is 19.6 Å². The number of carbonyl (C=O) groups is 1. The topological polar surface area (TPSA) is 58.6 Å². The molecule has 0 aromatic carbocycles. The zero-order valence-corrected chi connectivity index (χ0v) is 15.2. The molecule has 1 unspecified atom stereocenters. The average molecular weight is 332 g/mol. The maximum Gasteiger partial charge on any atom is 0.410 e. The van der Waals surface area contributed by atoms with Gasteiger partial charge in [-0.15, -0.1) is 5.10 Å². The molecule has 0 spiro atoms. The van der Waals surface area contributed by atoms with Crippen LogP contribution in [0.5, 0.6) is 0 Å². The zero-order chi connectivity index (χ0) is 17.3. The Hall–Kier alpha value is -1.85. The van der Waals surface area contributed by atoms with Crippen LogP contribution in [0.3, 0.4) is 0 Å². The summed E-state index contributed by atoms with van der Waals surface area (Å²) in [4.78, 5) is 16.8. The van der Waals surface area contributed by atoms with E-state index in [-0.39, 0.29) is 12.1 Å². The predicted molar refractivity (Wildman–Crippen MR) is 93.1 cm³/mol. The van der Waals surface area contributed by atoms with Crippen LogP contribution < -0.4 is 4.90 Å². The number of carbonyl (C=O) groups excluding carboxylic acids is 1. The fraction of sp³-hybridized carbons (Fsp3) is 0.722. The standard InChI is InChI=1S/C18H28N4O2/c1-13-5-8-16(20-19-13)21-10-9-15(12-21)22(11-14-6-7-14)17(23)24-18(2,3)4/h5,8,14-15H,6-7,9-12H2,1-4H3. The highest BCUT2D eigenvalue weighted by Gasteiger charge is 2.37. The van der Waals surface area contributed by atoms with Crippen LogP contribution in [0.1, 0.15) is 45.7 Å². The van der Waals surface area contributed by atoms with Crippen LogP contribution in [0.4, 0.5) is 10.6 Å². The van der Waals surface area contributed by atoms with Crippen LogP contribution in [0.15, 0.2) is 12.1 Å². The first-order valence-electron chi connectivity index (χ1n) is 8.87. The molecule has 0 N–H and O–H groups in total. The van der Waals surface area contributed by atoms with E-state index in [2.05, 4.69) is 15.1 Å². The fourth-order valence-electron chi connectivity index (χ4n) is 3.04. The van der Waals surface area contributed by atoms with E-state index in [1.807, 2.05) is 44.7 Å². The molecule has 1 amide bonds. The zero-order valence-electron chi connectivity index (χ0n) is 15.2. The highest BCUT2D eigenvalue weighted by atomic mass is 16.6. The summed E-state index contributed by atoms with van der Waals surface area (Å²) >= 11 is 0.